The van der Waals surface area contributed by atoms with Gasteiger partial charge in [-0.1, -0.05) is 19.6 Å². The van der Waals surface area contributed by atoms with Crippen molar-refractivity contribution in [2.45, 2.75) is 51.2 Å². The van der Waals surface area contributed by atoms with Gasteiger partial charge in [-0.2, -0.15) is 0 Å². The van der Waals surface area contributed by atoms with Crippen LogP contribution in [0.15, 0.2) is 18.7 Å². The SMILES string of the molecule is COc1ncnc(C2CC2)c1-c1ncc2c(n1)c(B(O)O)cn2COCC[Si](C)(C)C. The number of hydrogen-bond donors (Lipinski definition) is 2. The highest BCUT2D eigenvalue weighted by Crippen LogP contribution is 2.44. The second-order valence-corrected chi connectivity index (χ2v) is 14.7. The first-order chi connectivity index (χ1) is 14.8. The second-order valence-electron chi connectivity index (χ2n) is 9.12. The molecule has 2 N–H and O–H groups in total. The molecule has 3 heterocycles. The van der Waals surface area contributed by atoms with Crippen LogP contribution in [-0.2, 0) is 11.5 Å². The second kappa shape index (κ2) is 8.66. The molecule has 0 aromatic carbocycles. The molecule has 9 nitrogen and oxygen atoms in total. The zero-order valence-corrected chi connectivity index (χ0v) is 19.4. The Balaban J connectivity index is 1.71. The molecule has 0 atom stereocenters. The first-order valence-corrected chi connectivity index (χ1v) is 14.2. The number of rotatable bonds is 9. The van der Waals surface area contributed by atoms with E-state index in [0.29, 0.717) is 53.0 Å². The third-order valence-electron chi connectivity index (χ3n) is 5.37. The number of fused-ring (bicyclic) bond motifs is 1. The van der Waals surface area contributed by atoms with Crippen molar-refractivity contribution >= 4 is 31.7 Å². The summed E-state index contributed by atoms with van der Waals surface area (Å²) in [7, 11) is -1.30. The number of aromatic nitrogens is 5. The quantitative estimate of drug-likeness (QED) is 0.381. The van der Waals surface area contributed by atoms with Gasteiger partial charge in [-0.15, -0.1) is 0 Å². The average molecular weight is 441 g/mol. The number of ether oxygens (including phenoxy) is 2. The average Bonchev–Trinajstić information content (AvgIpc) is 3.51. The van der Waals surface area contributed by atoms with Crippen molar-refractivity contribution < 1.29 is 19.5 Å². The maximum absolute atomic E-state index is 9.93. The van der Waals surface area contributed by atoms with Gasteiger partial charge in [0.25, 0.3) is 0 Å². The lowest BCUT2D eigenvalue weighted by molar-refractivity contribution is 0.0903. The minimum absolute atomic E-state index is 0.293. The molecule has 1 aliphatic rings. The number of nitrogens with zero attached hydrogens (tertiary/aromatic N) is 5. The largest absolute Gasteiger partial charge is 0.492 e. The summed E-state index contributed by atoms with van der Waals surface area (Å²) < 4.78 is 13.1. The van der Waals surface area contributed by atoms with Gasteiger partial charge >= 0.3 is 7.12 Å². The molecule has 11 heteroatoms. The van der Waals surface area contributed by atoms with Crippen molar-refractivity contribution in [3.8, 4) is 17.3 Å². The van der Waals surface area contributed by atoms with E-state index >= 15 is 0 Å². The van der Waals surface area contributed by atoms with E-state index in [4.69, 9.17) is 9.47 Å². The molecule has 1 saturated carbocycles. The summed E-state index contributed by atoms with van der Waals surface area (Å²) in [6.07, 6.45) is 6.94. The Labute approximate surface area is 182 Å². The molecular formula is C20H28BN5O4Si. The van der Waals surface area contributed by atoms with E-state index in [1.165, 1.54) is 6.33 Å². The van der Waals surface area contributed by atoms with Crippen molar-refractivity contribution in [1.29, 1.82) is 0 Å². The lowest BCUT2D eigenvalue weighted by Gasteiger charge is -2.15. The van der Waals surface area contributed by atoms with E-state index in [9.17, 15) is 10.0 Å². The van der Waals surface area contributed by atoms with Crippen molar-refractivity contribution in [2.24, 2.45) is 0 Å². The van der Waals surface area contributed by atoms with Crippen LogP contribution in [0, 0.1) is 0 Å². The maximum atomic E-state index is 9.93. The minimum Gasteiger partial charge on any atom is -0.480 e. The molecule has 0 aliphatic heterocycles. The van der Waals surface area contributed by atoms with E-state index in [1.807, 2.05) is 0 Å². The molecule has 4 rings (SSSR count). The molecule has 164 valence electrons. The standard InChI is InChI=1S/C20H28BN5O4Si/c1-29-20-16(17(13-5-6-13)23-11-24-20)19-22-9-15-18(25-19)14(21(27)28)10-26(15)12-30-7-8-31(2,3)4/h9-11,13,27-28H,5-8,12H2,1-4H3. The van der Waals surface area contributed by atoms with Gasteiger partial charge in [-0.3, -0.25) is 0 Å². The summed E-state index contributed by atoms with van der Waals surface area (Å²) >= 11 is 0. The first kappa shape index (κ1) is 21.9. The van der Waals surface area contributed by atoms with Gasteiger partial charge in [-0.25, -0.2) is 19.9 Å². The van der Waals surface area contributed by atoms with Gasteiger partial charge in [0, 0.05) is 32.3 Å². The Morgan fingerprint density at radius 1 is 1.19 bits per heavy atom. The van der Waals surface area contributed by atoms with Crippen LogP contribution in [0.4, 0.5) is 0 Å². The highest BCUT2D eigenvalue weighted by atomic mass is 28.3. The maximum Gasteiger partial charge on any atom is 0.492 e. The summed E-state index contributed by atoms with van der Waals surface area (Å²) in [4.78, 5) is 17.9. The first-order valence-electron chi connectivity index (χ1n) is 10.5. The van der Waals surface area contributed by atoms with E-state index in [2.05, 4.69) is 39.6 Å². The summed E-state index contributed by atoms with van der Waals surface area (Å²) in [5.74, 6) is 1.17. The Hall–Kier alpha value is -2.34. The predicted octanol–water partition coefficient (Wildman–Crippen LogP) is 1.77. The van der Waals surface area contributed by atoms with E-state index < -0.39 is 15.2 Å². The minimum atomic E-state index is -1.66. The van der Waals surface area contributed by atoms with Crippen LogP contribution in [0.2, 0.25) is 25.7 Å². The molecular weight excluding hydrogens is 413 g/mol. The fraction of sp³-hybridized carbons (Fsp3) is 0.500. The zero-order chi connectivity index (χ0) is 22.2. The van der Waals surface area contributed by atoms with Gasteiger partial charge in [0.2, 0.25) is 5.88 Å². The summed E-state index contributed by atoms with van der Waals surface area (Å²) in [5.41, 5.74) is 2.96. The van der Waals surface area contributed by atoms with E-state index in [-0.39, 0.29) is 0 Å². The monoisotopic (exact) mass is 441 g/mol. The van der Waals surface area contributed by atoms with Gasteiger partial charge < -0.3 is 24.1 Å². The molecule has 1 fully saturated rings. The Bertz CT molecular complexity index is 1080. The molecule has 0 spiro atoms. The number of methoxy groups -OCH3 is 1. The van der Waals surface area contributed by atoms with Crippen LogP contribution in [0.1, 0.15) is 24.5 Å². The molecule has 1 aliphatic carbocycles. The smallest absolute Gasteiger partial charge is 0.480 e. The van der Waals surface area contributed by atoms with Crippen LogP contribution in [0.5, 0.6) is 5.88 Å². The van der Waals surface area contributed by atoms with E-state index in [1.54, 1.807) is 24.1 Å². The summed E-state index contributed by atoms with van der Waals surface area (Å²) in [6, 6.07) is 1.06. The number of hydrogen-bond acceptors (Lipinski definition) is 8. The Morgan fingerprint density at radius 3 is 2.61 bits per heavy atom. The van der Waals surface area contributed by atoms with Crippen molar-refractivity contribution in [3.05, 3.63) is 24.4 Å². The highest BCUT2D eigenvalue weighted by Gasteiger charge is 2.32. The lowest BCUT2D eigenvalue weighted by Crippen LogP contribution is -2.29. The fourth-order valence-electron chi connectivity index (χ4n) is 3.47. The van der Waals surface area contributed by atoms with Crippen LogP contribution in [-0.4, -0.2) is 63.5 Å². The molecule has 0 radical (unpaired) electrons. The molecule has 3 aromatic heterocycles. The highest BCUT2D eigenvalue weighted by molar-refractivity contribution is 6.76. The van der Waals surface area contributed by atoms with Gasteiger partial charge in [0.15, 0.2) is 5.82 Å². The molecule has 0 bridgehead atoms. The Morgan fingerprint density at radius 2 is 1.97 bits per heavy atom. The summed E-state index contributed by atoms with van der Waals surface area (Å²) in [5, 5.41) is 19.9. The third kappa shape index (κ3) is 4.79. The topological polar surface area (TPSA) is 115 Å². The normalized spacial score (nSPS) is 14.3. The van der Waals surface area contributed by atoms with Crippen LogP contribution in [0.25, 0.3) is 22.4 Å². The lowest BCUT2D eigenvalue weighted by atomic mass is 9.82. The molecule has 3 aromatic rings. The van der Waals surface area contributed by atoms with Crippen LogP contribution < -0.4 is 10.2 Å². The van der Waals surface area contributed by atoms with E-state index in [0.717, 1.165) is 24.6 Å². The Kier molecular flexibility index (Phi) is 6.11. The van der Waals surface area contributed by atoms with Crippen molar-refractivity contribution in [3.63, 3.8) is 0 Å². The van der Waals surface area contributed by atoms with Gasteiger partial charge in [0.05, 0.1) is 30.0 Å². The van der Waals surface area contributed by atoms with Gasteiger partial charge in [0.1, 0.15) is 18.6 Å². The molecule has 0 unspecified atom stereocenters. The van der Waals surface area contributed by atoms with Crippen molar-refractivity contribution in [1.82, 2.24) is 24.5 Å². The van der Waals surface area contributed by atoms with Crippen LogP contribution in [0.3, 0.4) is 0 Å². The third-order valence-corrected chi connectivity index (χ3v) is 7.08. The molecule has 0 saturated heterocycles. The fourth-order valence-corrected chi connectivity index (χ4v) is 4.22. The summed E-state index contributed by atoms with van der Waals surface area (Å²) in [6.45, 7) is 7.85. The zero-order valence-electron chi connectivity index (χ0n) is 18.4. The van der Waals surface area contributed by atoms with Crippen LogP contribution >= 0.6 is 0 Å². The molecule has 0 amide bonds. The molecule has 31 heavy (non-hydrogen) atoms. The van der Waals surface area contributed by atoms with Gasteiger partial charge in [-0.05, 0) is 18.9 Å². The van der Waals surface area contributed by atoms with Crippen molar-refractivity contribution in [2.75, 3.05) is 13.7 Å². The predicted molar refractivity (Wildman–Crippen MR) is 121 cm³/mol.